The third kappa shape index (κ3) is 7.05. The molecule has 2 nitrogen and oxygen atoms in total. The van der Waals surface area contributed by atoms with Gasteiger partial charge in [0.15, 0.2) is 0 Å². The molecule has 17 heavy (non-hydrogen) atoms. The second-order valence-corrected chi connectivity index (χ2v) is 5.32. The average Bonchev–Trinajstić information content (AvgIpc) is 2.28. The smallest absolute Gasteiger partial charge is 0.0425 e. The van der Waals surface area contributed by atoms with Gasteiger partial charge < -0.3 is 11.3 Å². The topological polar surface area (TPSA) is 59.6 Å². The molecule has 0 rings (SSSR count). The molecule has 1 atom stereocenters. The Hall–Kier alpha value is -0.0800. The maximum absolute atomic E-state index is 12.1. The van der Waals surface area contributed by atoms with Crippen molar-refractivity contribution in [1.82, 2.24) is 6.15 Å². The molecule has 2 heteroatoms. The van der Waals surface area contributed by atoms with Crippen molar-refractivity contribution in [1.29, 1.82) is 0 Å². The minimum absolute atomic E-state index is 0. The summed E-state index contributed by atoms with van der Waals surface area (Å²) in [5, 5.41) is 12.1. The highest BCUT2D eigenvalue weighted by molar-refractivity contribution is 4.83. The zero-order chi connectivity index (χ0) is 12.4. The Kier molecular flexibility index (Phi) is 12.5. The average molecular weight is 245 g/mol. The van der Waals surface area contributed by atoms with E-state index in [9.17, 15) is 5.11 Å². The molecular formula is C15H35NO. The highest BCUT2D eigenvalue weighted by Gasteiger charge is 2.28. The van der Waals surface area contributed by atoms with Crippen LogP contribution < -0.4 is 11.3 Å². The normalized spacial score (nSPS) is 13.2. The third-order valence-electron chi connectivity index (χ3n) is 3.95. The van der Waals surface area contributed by atoms with Gasteiger partial charge in [-0.05, 0) is 24.7 Å². The van der Waals surface area contributed by atoms with E-state index in [1.54, 1.807) is 0 Å². The molecule has 0 radical (unpaired) electrons. The summed E-state index contributed by atoms with van der Waals surface area (Å²) in [6.07, 6.45) is 10.4. The van der Waals surface area contributed by atoms with Crippen molar-refractivity contribution in [3.05, 3.63) is 0 Å². The Labute approximate surface area is 109 Å². The lowest BCUT2D eigenvalue weighted by atomic mass is 9.71. The molecule has 0 heterocycles. The van der Waals surface area contributed by atoms with E-state index in [1.807, 2.05) is 6.92 Å². The molecule has 0 amide bonds. The maximum Gasteiger partial charge on any atom is -0.0425 e. The monoisotopic (exact) mass is 245 g/mol. The Balaban J connectivity index is 0. The molecule has 0 aromatic carbocycles. The molecule has 0 saturated heterocycles. The van der Waals surface area contributed by atoms with E-state index < -0.39 is 6.10 Å². The fourth-order valence-corrected chi connectivity index (χ4v) is 2.57. The van der Waals surface area contributed by atoms with Gasteiger partial charge in [-0.1, -0.05) is 66.2 Å². The summed E-state index contributed by atoms with van der Waals surface area (Å²) in [6.45, 7) is 8.56. The lowest BCUT2D eigenvalue weighted by molar-refractivity contribution is -0.444. The number of hydrogen-bond acceptors (Lipinski definition) is 1. The second kappa shape index (κ2) is 11.0. The molecule has 0 bridgehead atoms. The van der Waals surface area contributed by atoms with Gasteiger partial charge in [0.05, 0.1) is 0 Å². The van der Waals surface area contributed by atoms with Gasteiger partial charge >= 0.3 is 0 Å². The molecule has 0 saturated carbocycles. The maximum atomic E-state index is 12.1. The summed E-state index contributed by atoms with van der Waals surface area (Å²) in [5.74, 6) is 0. The van der Waals surface area contributed by atoms with Crippen molar-refractivity contribution >= 4 is 0 Å². The molecule has 0 aliphatic carbocycles. The van der Waals surface area contributed by atoms with Crippen LogP contribution in [0.1, 0.15) is 85.5 Å². The lowest BCUT2D eigenvalue weighted by Crippen LogP contribution is -2.42. The molecule has 0 spiro atoms. The largest absolute Gasteiger partial charge is 0.852 e. The van der Waals surface area contributed by atoms with E-state index in [4.69, 9.17) is 0 Å². The number of hydrogen-bond donors (Lipinski definition) is 1. The van der Waals surface area contributed by atoms with Crippen molar-refractivity contribution in [3.8, 4) is 0 Å². The Morgan fingerprint density at radius 3 is 1.29 bits per heavy atom. The zero-order valence-corrected chi connectivity index (χ0v) is 12.8. The van der Waals surface area contributed by atoms with E-state index in [-0.39, 0.29) is 11.6 Å². The Morgan fingerprint density at radius 1 is 0.824 bits per heavy atom. The SMILES string of the molecule is CCCCC(CCCC)(CCCC)C(C)[O-].[NH4+]. The molecule has 106 valence electrons. The van der Waals surface area contributed by atoms with Crippen LogP contribution in [0.4, 0.5) is 0 Å². The lowest BCUT2D eigenvalue weighted by Gasteiger charge is -2.44. The summed E-state index contributed by atoms with van der Waals surface area (Å²) in [6, 6.07) is 0. The first-order valence-corrected chi connectivity index (χ1v) is 7.28. The Morgan fingerprint density at radius 2 is 1.12 bits per heavy atom. The molecule has 0 aromatic heterocycles. The van der Waals surface area contributed by atoms with E-state index in [0.717, 1.165) is 19.3 Å². The van der Waals surface area contributed by atoms with E-state index in [2.05, 4.69) is 20.8 Å². The second-order valence-electron chi connectivity index (χ2n) is 5.32. The van der Waals surface area contributed by atoms with Crippen LogP contribution in [0.5, 0.6) is 0 Å². The first-order valence-electron chi connectivity index (χ1n) is 7.28. The molecular weight excluding hydrogens is 210 g/mol. The molecule has 0 aliphatic heterocycles. The van der Waals surface area contributed by atoms with Gasteiger partial charge in [-0.25, -0.2) is 0 Å². The van der Waals surface area contributed by atoms with Crippen LogP contribution in [-0.2, 0) is 0 Å². The quantitative estimate of drug-likeness (QED) is 0.597. The van der Waals surface area contributed by atoms with Crippen LogP contribution in [0, 0.1) is 5.41 Å². The van der Waals surface area contributed by atoms with Crippen LogP contribution in [-0.4, -0.2) is 6.10 Å². The van der Waals surface area contributed by atoms with Gasteiger partial charge in [0.2, 0.25) is 0 Å². The van der Waals surface area contributed by atoms with E-state index in [0.29, 0.717) is 0 Å². The first kappa shape index (κ1) is 19.3. The summed E-state index contributed by atoms with van der Waals surface area (Å²) >= 11 is 0. The number of quaternary nitrogens is 1. The van der Waals surface area contributed by atoms with Gasteiger partial charge in [0.1, 0.15) is 0 Å². The summed E-state index contributed by atoms with van der Waals surface area (Å²) in [4.78, 5) is 0. The minimum atomic E-state index is -0.392. The van der Waals surface area contributed by atoms with Crippen molar-refractivity contribution in [2.75, 3.05) is 0 Å². The van der Waals surface area contributed by atoms with E-state index in [1.165, 1.54) is 38.5 Å². The van der Waals surface area contributed by atoms with Gasteiger partial charge in [0.25, 0.3) is 0 Å². The van der Waals surface area contributed by atoms with Crippen molar-refractivity contribution < 1.29 is 5.11 Å². The molecule has 0 aromatic rings. The summed E-state index contributed by atoms with van der Waals surface area (Å²) < 4.78 is 0. The highest BCUT2D eigenvalue weighted by Crippen LogP contribution is 2.38. The minimum Gasteiger partial charge on any atom is -0.852 e. The predicted molar refractivity (Wildman–Crippen MR) is 76.5 cm³/mol. The molecule has 4 N–H and O–H groups in total. The third-order valence-corrected chi connectivity index (χ3v) is 3.95. The molecule has 0 fully saturated rings. The standard InChI is InChI=1S/C15H31O.H3N/c1-5-8-11-15(14(4)16,12-9-6-2)13-10-7-3;/h14H,5-13H2,1-4H3;1H3/q-1;/p+1. The van der Waals surface area contributed by atoms with Crippen LogP contribution in [0.25, 0.3) is 0 Å². The fourth-order valence-electron chi connectivity index (χ4n) is 2.57. The van der Waals surface area contributed by atoms with Crippen molar-refractivity contribution in [2.24, 2.45) is 5.41 Å². The number of unbranched alkanes of at least 4 members (excludes halogenated alkanes) is 3. The fraction of sp³-hybridized carbons (Fsp3) is 1.00. The zero-order valence-electron chi connectivity index (χ0n) is 12.8. The summed E-state index contributed by atoms with van der Waals surface area (Å²) in [7, 11) is 0. The summed E-state index contributed by atoms with van der Waals surface area (Å²) in [5.41, 5.74) is 0.0992. The molecule has 0 aliphatic rings. The number of rotatable bonds is 10. The predicted octanol–water partition coefficient (Wildman–Crippen LogP) is 4.67. The van der Waals surface area contributed by atoms with Crippen LogP contribution in [0.2, 0.25) is 0 Å². The first-order chi connectivity index (χ1) is 7.63. The van der Waals surface area contributed by atoms with Crippen molar-refractivity contribution in [2.45, 2.75) is 91.6 Å². The van der Waals surface area contributed by atoms with Crippen LogP contribution in [0.15, 0.2) is 0 Å². The van der Waals surface area contributed by atoms with Gasteiger partial charge in [0, 0.05) is 0 Å². The van der Waals surface area contributed by atoms with Crippen molar-refractivity contribution in [3.63, 3.8) is 0 Å². The molecule has 1 unspecified atom stereocenters. The van der Waals surface area contributed by atoms with Gasteiger partial charge in [-0.15, -0.1) is 6.10 Å². The van der Waals surface area contributed by atoms with Crippen LogP contribution >= 0.6 is 0 Å². The highest BCUT2D eigenvalue weighted by atomic mass is 16.3. The Bertz CT molecular complexity index is 135. The van der Waals surface area contributed by atoms with E-state index >= 15 is 0 Å². The van der Waals surface area contributed by atoms with Gasteiger partial charge in [-0.2, -0.15) is 0 Å². The van der Waals surface area contributed by atoms with Gasteiger partial charge in [-0.3, -0.25) is 0 Å². The van der Waals surface area contributed by atoms with Crippen LogP contribution in [0.3, 0.4) is 0 Å².